The van der Waals surface area contributed by atoms with Crippen molar-refractivity contribution in [2.75, 3.05) is 11.9 Å². The molecule has 0 spiro atoms. The maximum atomic E-state index is 12.8. The van der Waals surface area contributed by atoms with Crippen LogP contribution in [0.15, 0.2) is 43.7 Å². The minimum atomic E-state index is -3.69. The predicted octanol–water partition coefficient (Wildman–Crippen LogP) is 2.58. The number of sulfonamides is 1. The molecule has 1 atom stereocenters. The van der Waals surface area contributed by atoms with E-state index in [9.17, 15) is 13.2 Å². The van der Waals surface area contributed by atoms with Crippen LogP contribution >= 0.6 is 22.7 Å². The standard InChI is InChI=1S/C16H16N4O4S3/c21-15(17-16-19-18-13(24-16)10-11-4-2-8-25-11)12-5-1-7-20(12)27(22,23)14-6-3-9-26-14/h2-4,6,8-9,12H,1,5,7,10H2,(H,17,19,21). The van der Waals surface area contributed by atoms with Gasteiger partial charge in [0.2, 0.25) is 11.8 Å². The lowest BCUT2D eigenvalue weighted by atomic mass is 10.2. The lowest BCUT2D eigenvalue weighted by Crippen LogP contribution is -2.42. The molecule has 27 heavy (non-hydrogen) atoms. The first kappa shape index (κ1) is 18.3. The first-order chi connectivity index (χ1) is 13.0. The van der Waals surface area contributed by atoms with Crippen LogP contribution in [0.5, 0.6) is 0 Å². The molecule has 1 aliphatic heterocycles. The van der Waals surface area contributed by atoms with Crippen molar-refractivity contribution in [3.63, 3.8) is 0 Å². The number of nitrogens with zero attached hydrogens (tertiary/aromatic N) is 3. The molecule has 0 radical (unpaired) electrons. The molecular formula is C16H16N4O4S3. The van der Waals surface area contributed by atoms with Gasteiger partial charge in [-0.15, -0.1) is 27.8 Å². The van der Waals surface area contributed by atoms with E-state index in [0.29, 0.717) is 31.7 Å². The Bertz CT molecular complexity index is 1010. The summed E-state index contributed by atoms with van der Waals surface area (Å²) in [5.41, 5.74) is 0. The van der Waals surface area contributed by atoms with Crippen LogP contribution < -0.4 is 5.32 Å². The SMILES string of the molecule is O=C(Nc1nnc(Cc2cccs2)o1)C1CCCN1S(=O)(=O)c1cccs1. The van der Waals surface area contributed by atoms with Gasteiger partial charge in [0.1, 0.15) is 10.3 Å². The Labute approximate surface area is 163 Å². The molecule has 4 rings (SSSR count). The van der Waals surface area contributed by atoms with Crippen molar-refractivity contribution < 1.29 is 17.6 Å². The molecule has 1 N–H and O–H groups in total. The molecule has 3 aromatic heterocycles. The lowest BCUT2D eigenvalue weighted by molar-refractivity contribution is -0.119. The molecule has 0 bridgehead atoms. The van der Waals surface area contributed by atoms with Crippen molar-refractivity contribution >= 4 is 44.6 Å². The van der Waals surface area contributed by atoms with Gasteiger partial charge in [0, 0.05) is 11.4 Å². The fourth-order valence-corrected chi connectivity index (χ4v) is 6.41. The summed E-state index contributed by atoms with van der Waals surface area (Å²) in [5, 5.41) is 14.0. The first-order valence-electron chi connectivity index (χ1n) is 8.25. The van der Waals surface area contributed by atoms with Gasteiger partial charge in [0.25, 0.3) is 10.0 Å². The summed E-state index contributed by atoms with van der Waals surface area (Å²) in [6.07, 6.45) is 1.56. The Balaban J connectivity index is 1.45. The average Bonchev–Trinajstić information content (AvgIpc) is 3.43. The summed E-state index contributed by atoms with van der Waals surface area (Å²) in [5.74, 6) is -0.0683. The molecule has 1 saturated heterocycles. The fourth-order valence-electron chi connectivity index (χ4n) is 2.94. The normalized spacial score (nSPS) is 18.0. The van der Waals surface area contributed by atoms with E-state index < -0.39 is 22.0 Å². The summed E-state index contributed by atoms with van der Waals surface area (Å²) in [4.78, 5) is 13.7. The van der Waals surface area contributed by atoms with Crippen molar-refractivity contribution in [2.24, 2.45) is 0 Å². The highest BCUT2D eigenvalue weighted by Crippen LogP contribution is 2.29. The molecule has 4 heterocycles. The third-order valence-corrected chi connectivity index (χ3v) is 8.32. The Morgan fingerprint density at radius 1 is 1.26 bits per heavy atom. The van der Waals surface area contributed by atoms with E-state index >= 15 is 0 Å². The van der Waals surface area contributed by atoms with Crippen LogP contribution in [0, 0.1) is 0 Å². The highest BCUT2D eigenvalue weighted by Gasteiger charge is 2.40. The number of nitrogens with one attached hydrogen (secondary N) is 1. The second-order valence-corrected chi connectivity index (χ2v) is 10.0. The molecule has 8 nitrogen and oxygen atoms in total. The van der Waals surface area contributed by atoms with Crippen LogP contribution in [0.1, 0.15) is 23.6 Å². The number of carbonyl (C=O) groups is 1. The van der Waals surface area contributed by atoms with Gasteiger partial charge >= 0.3 is 6.01 Å². The Morgan fingerprint density at radius 3 is 2.81 bits per heavy atom. The topological polar surface area (TPSA) is 105 Å². The number of amides is 1. The molecule has 1 unspecified atom stereocenters. The number of hydrogen-bond acceptors (Lipinski definition) is 8. The van der Waals surface area contributed by atoms with Gasteiger partial charge in [-0.25, -0.2) is 8.42 Å². The second-order valence-electron chi connectivity index (χ2n) is 5.95. The van der Waals surface area contributed by atoms with Crippen LogP contribution in [0.4, 0.5) is 6.01 Å². The summed E-state index contributed by atoms with van der Waals surface area (Å²) in [6, 6.07) is 6.30. The van der Waals surface area contributed by atoms with Crippen molar-refractivity contribution in [1.29, 1.82) is 0 Å². The van der Waals surface area contributed by atoms with Gasteiger partial charge in [-0.05, 0) is 35.7 Å². The number of anilines is 1. The summed E-state index contributed by atoms with van der Waals surface area (Å²) in [6.45, 7) is 0.311. The average molecular weight is 425 g/mol. The molecule has 0 saturated carbocycles. The van der Waals surface area contributed by atoms with Crippen molar-refractivity contribution in [1.82, 2.24) is 14.5 Å². The molecule has 142 valence electrons. The van der Waals surface area contributed by atoms with Crippen molar-refractivity contribution in [3.8, 4) is 0 Å². The number of hydrogen-bond donors (Lipinski definition) is 1. The van der Waals surface area contributed by atoms with E-state index in [1.807, 2.05) is 17.5 Å². The molecule has 1 fully saturated rings. The highest BCUT2D eigenvalue weighted by atomic mass is 32.2. The maximum absolute atomic E-state index is 12.8. The quantitative estimate of drug-likeness (QED) is 0.652. The smallest absolute Gasteiger partial charge is 0.322 e. The summed E-state index contributed by atoms with van der Waals surface area (Å²) < 4.78 is 32.4. The van der Waals surface area contributed by atoms with E-state index in [1.54, 1.807) is 28.8 Å². The van der Waals surface area contributed by atoms with Gasteiger partial charge in [-0.1, -0.05) is 17.2 Å². The van der Waals surface area contributed by atoms with Crippen LogP contribution in [0.3, 0.4) is 0 Å². The zero-order valence-electron chi connectivity index (χ0n) is 14.1. The molecule has 0 aromatic carbocycles. The monoisotopic (exact) mass is 424 g/mol. The molecule has 11 heteroatoms. The van der Waals surface area contributed by atoms with Gasteiger partial charge in [-0.2, -0.15) is 4.31 Å². The number of rotatable bonds is 6. The van der Waals surface area contributed by atoms with Gasteiger partial charge in [0.15, 0.2) is 0 Å². The van der Waals surface area contributed by atoms with Crippen LogP contribution in [-0.2, 0) is 21.2 Å². The Kier molecular flexibility index (Phi) is 5.08. The van der Waals surface area contributed by atoms with Gasteiger partial charge in [-0.3, -0.25) is 10.1 Å². The second kappa shape index (κ2) is 7.50. The minimum absolute atomic E-state index is 0.0214. The molecule has 3 aromatic rings. The number of aromatic nitrogens is 2. The van der Waals surface area contributed by atoms with Gasteiger partial charge in [0.05, 0.1) is 6.42 Å². The first-order valence-corrected chi connectivity index (χ1v) is 11.4. The number of carbonyl (C=O) groups excluding carboxylic acids is 1. The van der Waals surface area contributed by atoms with E-state index in [0.717, 1.165) is 16.2 Å². The van der Waals surface area contributed by atoms with Crippen LogP contribution in [-0.4, -0.2) is 41.4 Å². The zero-order chi connectivity index (χ0) is 18.9. The number of thiophene rings is 2. The van der Waals surface area contributed by atoms with E-state index in [-0.39, 0.29) is 10.2 Å². The maximum Gasteiger partial charge on any atom is 0.322 e. The third-order valence-electron chi connectivity index (χ3n) is 4.17. The fraction of sp³-hybridized carbons (Fsp3) is 0.312. The van der Waals surface area contributed by atoms with Gasteiger partial charge < -0.3 is 4.42 Å². The van der Waals surface area contributed by atoms with E-state index in [2.05, 4.69) is 15.5 Å². The van der Waals surface area contributed by atoms with Crippen LogP contribution in [0.25, 0.3) is 0 Å². The molecule has 1 amide bonds. The minimum Gasteiger partial charge on any atom is -0.407 e. The molecule has 1 aliphatic rings. The lowest BCUT2D eigenvalue weighted by Gasteiger charge is -2.21. The largest absolute Gasteiger partial charge is 0.407 e. The zero-order valence-corrected chi connectivity index (χ0v) is 16.5. The predicted molar refractivity (Wildman–Crippen MR) is 101 cm³/mol. The van der Waals surface area contributed by atoms with E-state index in [4.69, 9.17) is 4.42 Å². The highest BCUT2D eigenvalue weighted by molar-refractivity contribution is 7.91. The van der Waals surface area contributed by atoms with Crippen molar-refractivity contribution in [2.45, 2.75) is 29.5 Å². The Morgan fingerprint density at radius 2 is 2.07 bits per heavy atom. The summed E-state index contributed by atoms with van der Waals surface area (Å²) in [7, 11) is -3.69. The third kappa shape index (κ3) is 3.81. The Hall–Kier alpha value is -2.08. The van der Waals surface area contributed by atoms with E-state index in [1.165, 1.54) is 4.31 Å². The van der Waals surface area contributed by atoms with Crippen molar-refractivity contribution in [3.05, 3.63) is 45.8 Å². The molecule has 0 aliphatic carbocycles. The summed E-state index contributed by atoms with van der Waals surface area (Å²) >= 11 is 2.71. The molecular weight excluding hydrogens is 408 g/mol. The van der Waals surface area contributed by atoms with Crippen LogP contribution in [0.2, 0.25) is 0 Å².